The van der Waals surface area contributed by atoms with Crippen LogP contribution in [-0.4, -0.2) is 41.9 Å². The van der Waals surface area contributed by atoms with Gasteiger partial charge >= 0.3 is 5.97 Å². The molecule has 0 amide bonds. The molecule has 0 aliphatic carbocycles. The second kappa shape index (κ2) is 5.46. The number of thiazole rings is 1. The third kappa shape index (κ3) is 2.95. The number of rotatable bonds is 5. The maximum absolute atomic E-state index is 10.8. The molecule has 1 saturated heterocycles. The monoisotopic (exact) mass is 256 g/mol. The fourth-order valence-corrected chi connectivity index (χ4v) is 2.71. The van der Waals surface area contributed by atoms with Gasteiger partial charge in [0.05, 0.1) is 12.3 Å². The molecule has 1 aromatic heterocycles. The highest BCUT2D eigenvalue weighted by atomic mass is 32.1. The average Bonchev–Trinajstić information content (AvgIpc) is 2.96. The van der Waals surface area contributed by atoms with Gasteiger partial charge in [-0.15, -0.1) is 0 Å². The van der Waals surface area contributed by atoms with Crippen LogP contribution in [0.4, 0.5) is 5.13 Å². The third-order valence-corrected chi connectivity index (χ3v) is 3.85. The Balaban J connectivity index is 2.02. The van der Waals surface area contributed by atoms with Gasteiger partial charge in [-0.1, -0.05) is 11.3 Å². The molecule has 94 valence electrons. The Morgan fingerprint density at radius 3 is 3.12 bits per heavy atom. The maximum Gasteiger partial charge on any atom is 0.347 e. The van der Waals surface area contributed by atoms with Crippen molar-refractivity contribution in [1.29, 1.82) is 0 Å². The molecule has 1 atom stereocenters. The van der Waals surface area contributed by atoms with Crippen molar-refractivity contribution in [3.8, 4) is 0 Å². The summed E-state index contributed by atoms with van der Waals surface area (Å²) in [7, 11) is 0. The molecule has 0 aromatic carbocycles. The number of hydrogen-bond donors (Lipinski definition) is 1. The molecule has 1 aliphatic rings. The van der Waals surface area contributed by atoms with Crippen LogP contribution in [0.5, 0.6) is 0 Å². The second-order valence-electron chi connectivity index (χ2n) is 3.99. The normalized spacial score (nSPS) is 19.5. The van der Waals surface area contributed by atoms with Gasteiger partial charge in [-0.2, -0.15) is 0 Å². The first-order valence-corrected chi connectivity index (χ1v) is 6.58. The molecule has 2 heterocycles. The molecule has 17 heavy (non-hydrogen) atoms. The van der Waals surface area contributed by atoms with Crippen molar-refractivity contribution in [3.05, 3.63) is 11.1 Å². The van der Waals surface area contributed by atoms with Crippen molar-refractivity contribution < 1.29 is 14.6 Å². The highest BCUT2D eigenvalue weighted by Crippen LogP contribution is 2.24. The lowest BCUT2D eigenvalue weighted by molar-refractivity contribution is 0.0702. The van der Waals surface area contributed by atoms with E-state index < -0.39 is 5.97 Å². The topological polar surface area (TPSA) is 62.7 Å². The van der Waals surface area contributed by atoms with Crippen LogP contribution in [0.1, 0.15) is 29.4 Å². The van der Waals surface area contributed by atoms with E-state index in [-0.39, 0.29) is 11.0 Å². The Kier molecular flexibility index (Phi) is 3.96. The van der Waals surface area contributed by atoms with Gasteiger partial charge in [-0.3, -0.25) is 0 Å². The molecule has 1 unspecified atom stereocenters. The number of aromatic nitrogens is 1. The highest BCUT2D eigenvalue weighted by molar-refractivity contribution is 7.17. The SMILES string of the molecule is CCN(CC1CCCO1)c1ncc(C(=O)O)s1. The average molecular weight is 256 g/mol. The van der Waals surface area contributed by atoms with Gasteiger partial charge in [-0.25, -0.2) is 9.78 Å². The Bertz CT molecular complexity index is 388. The minimum absolute atomic E-state index is 0.257. The quantitative estimate of drug-likeness (QED) is 0.871. The van der Waals surface area contributed by atoms with Crippen LogP contribution in [0.15, 0.2) is 6.20 Å². The van der Waals surface area contributed by atoms with Crippen molar-refractivity contribution in [2.24, 2.45) is 0 Å². The number of ether oxygens (including phenoxy) is 1. The van der Waals surface area contributed by atoms with E-state index in [9.17, 15) is 4.79 Å². The van der Waals surface area contributed by atoms with Crippen LogP contribution in [-0.2, 0) is 4.74 Å². The summed E-state index contributed by atoms with van der Waals surface area (Å²) in [6, 6.07) is 0. The fourth-order valence-electron chi connectivity index (χ4n) is 1.89. The van der Waals surface area contributed by atoms with Crippen molar-refractivity contribution in [2.75, 3.05) is 24.6 Å². The zero-order chi connectivity index (χ0) is 12.3. The summed E-state index contributed by atoms with van der Waals surface area (Å²) in [4.78, 5) is 17.3. The number of nitrogens with zero attached hydrogens (tertiary/aromatic N) is 2. The first-order valence-electron chi connectivity index (χ1n) is 5.76. The lowest BCUT2D eigenvalue weighted by atomic mass is 10.2. The Morgan fingerprint density at radius 1 is 1.76 bits per heavy atom. The summed E-state index contributed by atoms with van der Waals surface area (Å²) in [5.41, 5.74) is 0. The summed E-state index contributed by atoms with van der Waals surface area (Å²) < 4.78 is 5.58. The summed E-state index contributed by atoms with van der Waals surface area (Å²) in [6.07, 6.45) is 3.86. The predicted molar refractivity (Wildman–Crippen MR) is 65.9 cm³/mol. The minimum atomic E-state index is -0.915. The van der Waals surface area contributed by atoms with Gasteiger partial charge in [0, 0.05) is 19.7 Å². The van der Waals surface area contributed by atoms with Crippen LogP contribution in [0.2, 0.25) is 0 Å². The molecule has 0 spiro atoms. The van der Waals surface area contributed by atoms with Crippen molar-refractivity contribution in [3.63, 3.8) is 0 Å². The number of carboxylic acids is 1. The van der Waals surface area contributed by atoms with E-state index >= 15 is 0 Å². The molecular weight excluding hydrogens is 240 g/mol. The van der Waals surface area contributed by atoms with Crippen LogP contribution < -0.4 is 4.90 Å². The second-order valence-corrected chi connectivity index (χ2v) is 5.00. The number of hydrogen-bond acceptors (Lipinski definition) is 5. The molecule has 2 rings (SSSR count). The Hall–Kier alpha value is -1.14. The maximum atomic E-state index is 10.8. The molecule has 0 bridgehead atoms. The number of carboxylic acid groups (broad SMARTS) is 1. The molecule has 1 aromatic rings. The zero-order valence-corrected chi connectivity index (χ0v) is 10.6. The number of anilines is 1. The van der Waals surface area contributed by atoms with Crippen LogP contribution in [0.3, 0.4) is 0 Å². The van der Waals surface area contributed by atoms with E-state index in [0.717, 1.165) is 37.7 Å². The molecule has 1 aliphatic heterocycles. The molecule has 5 nitrogen and oxygen atoms in total. The lowest BCUT2D eigenvalue weighted by Crippen LogP contribution is -2.31. The number of carbonyl (C=O) groups is 1. The summed E-state index contributed by atoms with van der Waals surface area (Å²) in [5, 5.41) is 9.63. The van der Waals surface area contributed by atoms with Gasteiger partial charge in [-0.05, 0) is 19.8 Å². The number of likely N-dealkylation sites (N-methyl/N-ethyl adjacent to an activating group) is 1. The van der Waals surface area contributed by atoms with Gasteiger partial charge in [0.2, 0.25) is 0 Å². The van der Waals surface area contributed by atoms with E-state index in [0.29, 0.717) is 0 Å². The largest absolute Gasteiger partial charge is 0.477 e. The minimum Gasteiger partial charge on any atom is -0.477 e. The van der Waals surface area contributed by atoms with E-state index in [4.69, 9.17) is 9.84 Å². The lowest BCUT2D eigenvalue weighted by Gasteiger charge is -2.22. The summed E-state index contributed by atoms with van der Waals surface area (Å²) in [5.74, 6) is -0.915. The molecule has 0 radical (unpaired) electrons. The standard InChI is InChI=1S/C11H16N2O3S/c1-2-13(7-8-4-3-5-16-8)11-12-6-9(17-11)10(14)15/h6,8H,2-5,7H2,1H3,(H,14,15). The Morgan fingerprint density at radius 2 is 2.59 bits per heavy atom. The predicted octanol–water partition coefficient (Wildman–Crippen LogP) is 1.85. The molecule has 6 heteroatoms. The van der Waals surface area contributed by atoms with Gasteiger partial charge < -0.3 is 14.7 Å². The van der Waals surface area contributed by atoms with E-state index in [1.165, 1.54) is 17.5 Å². The first-order chi connectivity index (χ1) is 8.20. The third-order valence-electron chi connectivity index (χ3n) is 2.80. The zero-order valence-electron chi connectivity index (χ0n) is 9.76. The Labute approximate surface area is 104 Å². The fraction of sp³-hybridized carbons (Fsp3) is 0.636. The van der Waals surface area contributed by atoms with Crippen LogP contribution in [0, 0.1) is 0 Å². The van der Waals surface area contributed by atoms with Crippen molar-refractivity contribution >= 4 is 22.4 Å². The van der Waals surface area contributed by atoms with E-state index in [1.54, 1.807) is 0 Å². The molecular formula is C11H16N2O3S. The van der Waals surface area contributed by atoms with E-state index in [1.807, 2.05) is 6.92 Å². The first kappa shape index (κ1) is 12.3. The van der Waals surface area contributed by atoms with Gasteiger partial charge in [0.1, 0.15) is 4.88 Å². The van der Waals surface area contributed by atoms with Crippen molar-refractivity contribution in [2.45, 2.75) is 25.9 Å². The smallest absolute Gasteiger partial charge is 0.347 e. The molecule has 0 saturated carbocycles. The van der Waals surface area contributed by atoms with Gasteiger partial charge in [0.15, 0.2) is 5.13 Å². The summed E-state index contributed by atoms with van der Waals surface area (Å²) in [6.45, 7) is 4.48. The number of aromatic carboxylic acids is 1. The van der Waals surface area contributed by atoms with Crippen LogP contribution >= 0.6 is 11.3 Å². The summed E-state index contributed by atoms with van der Waals surface area (Å²) >= 11 is 1.22. The van der Waals surface area contributed by atoms with Crippen LogP contribution in [0.25, 0.3) is 0 Å². The van der Waals surface area contributed by atoms with Crippen molar-refractivity contribution in [1.82, 2.24) is 4.98 Å². The molecule has 1 fully saturated rings. The highest BCUT2D eigenvalue weighted by Gasteiger charge is 2.21. The molecule has 1 N–H and O–H groups in total. The van der Waals surface area contributed by atoms with E-state index in [2.05, 4.69) is 9.88 Å². The van der Waals surface area contributed by atoms with Gasteiger partial charge in [0.25, 0.3) is 0 Å².